The third-order valence-corrected chi connectivity index (χ3v) is 8.75. The molecular formula is C37H44N2O5S. The van der Waals surface area contributed by atoms with Gasteiger partial charge in [0.25, 0.3) is 0 Å². The molecule has 0 saturated heterocycles. The fourth-order valence-corrected chi connectivity index (χ4v) is 6.13. The fourth-order valence-electron chi connectivity index (χ4n) is 5.01. The number of methoxy groups -OCH3 is 1. The van der Waals surface area contributed by atoms with Gasteiger partial charge in [-0.3, -0.25) is 9.00 Å². The normalized spacial score (nSPS) is 12.0. The number of imidazole rings is 1. The van der Waals surface area contributed by atoms with Crippen LogP contribution in [0.1, 0.15) is 55.5 Å². The molecule has 1 atom stereocenters. The molecule has 4 rings (SSSR count). The Morgan fingerprint density at radius 3 is 2.44 bits per heavy atom. The highest BCUT2D eigenvalue weighted by atomic mass is 32.2. The van der Waals surface area contributed by atoms with E-state index < -0.39 is 10.8 Å². The van der Waals surface area contributed by atoms with Gasteiger partial charge in [-0.25, -0.2) is 4.98 Å². The highest BCUT2D eigenvalue weighted by Gasteiger charge is 2.12. The number of allylic oxidation sites excluding steroid dienone is 1. The Morgan fingerprint density at radius 1 is 0.956 bits per heavy atom. The van der Waals surface area contributed by atoms with Crippen LogP contribution >= 0.6 is 0 Å². The number of hydrogen-bond acceptors (Lipinski definition) is 6. The molecule has 0 aliphatic carbocycles. The number of nitrogens with zero attached hydrogens (tertiary/aromatic N) is 2. The van der Waals surface area contributed by atoms with E-state index in [2.05, 4.69) is 24.9 Å². The van der Waals surface area contributed by atoms with Gasteiger partial charge in [-0.2, -0.15) is 0 Å². The van der Waals surface area contributed by atoms with Crippen LogP contribution in [0.3, 0.4) is 0 Å². The second kappa shape index (κ2) is 17.5. The van der Waals surface area contributed by atoms with Crippen molar-refractivity contribution in [3.05, 3.63) is 102 Å². The van der Waals surface area contributed by atoms with Gasteiger partial charge >= 0.3 is 0 Å². The second-order valence-corrected chi connectivity index (χ2v) is 12.4. The van der Waals surface area contributed by atoms with Gasteiger partial charge in [-0.1, -0.05) is 44.5 Å². The zero-order valence-corrected chi connectivity index (χ0v) is 27.6. The molecule has 1 heterocycles. The van der Waals surface area contributed by atoms with Crippen LogP contribution in [0.4, 0.5) is 0 Å². The van der Waals surface area contributed by atoms with E-state index >= 15 is 0 Å². The molecule has 0 bridgehead atoms. The number of ketones is 1. The number of aryl methyl sites for hydroxylation is 2. The van der Waals surface area contributed by atoms with Gasteiger partial charge in [-0.05, 0) is 90.6 Å². The molecular weight excluding hydrogens is 584 g/mol. The lowest BCUT2D eigenvalue weighted by molar-refractivity contribution is -0.113. The quantitative estimate of drug-likeness (QED) is 0.0834. The minimum absolute atomic E-state index is 0.0300. The number of unbranched alkanes of at least 4 members (excludes halogenated alkanes) is 1. The number of carbonyl (C=O) groups is 1. The molecule has 4 aromatic rings. The van der Waals surface area contributed by atoms with Crippen molar-refractivity contribution in [2.24, 2.45) is 0 Å². The summed E-state index contributed by atoms with van der Waals surface area (Å²) in [6, 6.07) is 19.5. The van der Waals surface area contributed by atoms with Crippen molar-refractivity contribution < 1.29 is 23.2 Å². The number of aromatic nitrogens is 2. The Hall–Kier alpha value is -4.01. The van der Waals surface area contributed by atoms with Gasteiger partial charge in [0, 0.05) is 36.2 Å². The first-order valence-corrected chi connectivity index (χ1v) is 16.9. The summed E-state index contributed by atoms with van der Waals surface area (Å²) in [4.78, 5) is 17.9. The lowest BCUT2D eigenvalue weighted by Gasteiger charge is -2.13. The van der Waals surface area contributed by atoms with E-state index in [4.69, 9.17) is 14.2 Å². The Balaban J connectivity index is 1.37. The molecule has 7 nitrogen and oxygen atoms in total. The molecule has 1 aromatic heterocycles. The first kappa shape index (κ1) is 33.9. The maximum absolute atomic E-state index is 12.9. The van der Waals surface area contributed by atoms with Crippen molar-refractivity contribution in [3.8, 4) is 22.6 Å². The summed E-state index contributed by atoms with van der Waals surface area (Å²) in [5, 5.41) is 0. The first-order valence-electron chi connectivity index (χ1n) is 15.6. The van der Waals surface area contributed by atoms with E-state index in [1.165, 1.54) is 0 Å². The molecule has 0 aliphatic heterocycles. The molecule has 0 radical (unpaired) electrons. The average molecular weight is 629 g/mol. The van der Waals surface area contributed by atoms with Crippen molar-refractivity contribution in [3.63, 3.8) is 0 Å². The summed E-state index contributed by atoms with van der Waals surface area (Å²) in [6.07, 6.45) is 10.4. The summed E-state index contributed by atoms with van der Waals surface area (Å²) in [7, 11) is 0.450. The van der Waals surface area contributed by atoms with Crippen molar-refractivity contribution >= 4 is 22.7 Å². The van der Waals surface area contributed by atoms with E-state index in [0.717, 1.165) is 82.3 Å². The summed E-state index contributed by atoms with van der Waals surface area (Å²) in [6.45, 7) is 8.97. The fraction of sp³-hybridized carbons (Fsp3) is 0.351. The van der Waals surface area contributed by atoms with Gasteiger partial charge in [-0.15, -0.1) is 0 Å². The van der Waals surface area contributed by atoms with Crippen LogP contribution in [0.5, 0.6) is 11.5 Å². The maximum Gasteiger partial charge on any atom is 0.160 e. The predicted molar refractivity (Wildman–Crippen MR) is 181 cm³/mol. The molecule has 45 heavy (non-hydrogen) atoms. The highest BCUT2D eigenvalue weighted by molar-refractivity contribution is 7.84. The minimum Gasteiger partial charge on any atom is -0.496 e. The second-order valence-electron chi connectivity index (χ2n) is 10.9. The van der Waals surface area contributed by atoms with Crippen molar-refractivity contribution in [1.29, 1.82) is 0 Å². The molecule has 0 saturated carbocycles. The predicted octanol–water partition coefficient (Wildman–Crippen LogP) is 7.61. The van der Waals surface area contributed by atoms with E-state index in [1.807, 2.05) is 72.2 Å². The summed E-state index contributed by atoms with van der Waals surface area (Å²) in [5.74, 6) is 1.91. The molecule has 0 aliphatic rings. The van der Waals surface area contributed by atoms with Gasteiger partial charge in [0.1, 0.15) is 18.1 Å². The van der Waals surface area contributed by atoms with Gasteiger partial charge < -0.3 is 18.8 Å². The van der Waals surface area contributed by atoms with Gasteiger partial charge in [0.05, 0.1) is 42.3 Å². The van der Waals surface area contributed by atoms with Crippen LogP contribution < -0.4 is 9.47 Å². The zero-order valence-electron chi connectivity index (χ0n) is 26.8. The largest absolute Gasteiger partial charge is 0.496 e. The third-order valence-electron chi connectivity index (χ3n) is 7.39. The number of hydrogen-bond donors (Lipinski definition) is 0. The summed E-state index contributed by atoms with van der Waals surface area (Å²) in [5.41, 5.74) is 5.70. The third kappa shape index (κ3) is 9.99. The standard InChI is InChI=1S/C37H44N2O5S/c1-5-7-19-43-20-21-44-35-14-11-30(12-15-35)32-22-28(3)37(42-4)31(24-32)10-13-34(40)23-29-8-16-36(17-9-29)45(41)26-33-25-38-27-39(33)18-6-2/h8-17,22,24-25,27H,5-7,18-21,23,26H2,1-4H3/b13-10+/t45-/m1/s1. The van der Waals surface area contributed by atoms with E-state index in [0.29, 0.717) is 19.0 Å². The molecule has 3 aromatic carbocycles. The minimum atomic E-state index is -1.19. The molecule has 238 valence electrons. The number of ether oxygens (including phenoxy) is 3. The Morgan fingerprint density at radius 2 is 1.73 bits per heavy atom. The number of rotatable bonds is 18. The Labute approximate surface area is 269 Å². The first-order chi connectivity index (χ1) is 21.9. The van der Waals surface area contributed by atoms with Crippen LogP contribution in [0.15, 0.2) is 84.2 Å². The molecule has 0 N–H and O–H groups in total. The Kier molecular flexibility index (Phi) is 13.2. The van der Waals surface area contributed by atoms with Crippen LogP contribution in [0, 0.1) is 6.92 Å². The monoisotopic (exact) mass is 628 g/mol. The van der Waals surface area contributed by atoms with Crippen molar-refractivity contribution in [2.75, 3.05) is 26.9 Å². The molecule has 0 amide bonds. The molecule has 8 heteroatoms. The lowest BCUT2D eigenvalue weighted by atomic mass is 9.98. The average Bonchev–Trinajstić information content (AvgIpc) is 3.48. The maximum atomic E-state index is 12.9. The topological polar surface area (TPSA) is 79.7 Å². The van der Waals surface area contributed by atoms with E-state index in [9.17, 15) is 9.00 Å². The zero-order chi connectivity index (χ0) is 32.0. The Bertz CT molecular complexity index is 1580. The highest BCUT2D eigenvalue weighted by Crippen LogP contribution is 2.32. The lowest BCUT2D eigenvalue weighted by Crippen LogP contribution is -2.07. The molecule has 0 spiro atoms. The SMILES string of the molecule is CCCCOCCOc1ccc(-c2cc(C)c(OC)c(/C=C/C(=O)Cc3ccc([S@](=O)Cc4cncn4CCC)cc3)c2)cc1. The number of benzene rings is 3. The van der Waals surface area contributed by atoms with Crippen LogP contribution in [0.25, 0.3) is 17.2 Å². The van der Waals surface area contributed by atoms with E-state index in [-0.39, 0.29) is 12.2 Å². The molecule has 0 unspecified atom stereocenters. The molecule has 0 fully saturated rings. The van der Waals surface area contributed by atoms with Crippen molar-refractivity contribution in [2.45, 2.75) is 63.6 Å². The van der Waals surface area contributed by atoms with Gasteiger partial charge in [0.15, 0.2) is 5.78 Å². The number of carbonyl (C=O) groups excluding carboxylic acids is 1. The van der Waals surface area contributed by atoms with Crippen molar-refractivity contribution in [1.82, 2.24) is 9.55 Å². The smallest absolute Gasteiger partial charge is 0.160 e. The van der Waals surface area contributed by atoms with Crippen LogP contribution in [-0.4, -0.2) is 46.5 Å². The van der Waals surface area contributed by atoms with Crippen LogP contribution in [-0.2, 0) is 39.0 Å². The summed E-state index contributed by atoms with van der Waals surface area (Å²) >= 11 is 0. The van der Waals surface area contributed by atoms with Crippen LogP contribution in [0.2, 0.25) is 0 Å². The van der Waals surface area contributed by atoms with E-state index in [1.54, 1.807) is 25.7 Å². The van der Waals surface area contributed by atoms with Gasteiger partial charge in [0.2, 0.25) is 0 Å². The summed E-state index contributed by atoms with van der Waals surface area (Å²) < 4.78 is 32.1.